The van der Waals surface area contributed by atoms with Gasteiger partial charge in [-0.2, -0.15) is 0 Å². The molecule has 0 aliphatic rings. The lowest BCUT2D eigenvalue weighted by atomic mass is 9.88. The molecule has 0 aromatic carbocycles. The van der Waals surface area contributed by atoms with Gasteiger partial charge >= 0.3 is 0 Å². The second kappa shape index (κ2) is 14.7. The fourth-order valence-electron chi connectivity index (χ4n) is 2.15. The van der Waals surface area contributed by atoms with Crippen LogP contribution in [-0.2, 0) is 4.74 Å². The van der Waals surface area contributed by atoms with Crippen LogP contribution in [0.15, 0.2) is 24.5 Å². The largest absolute Gasteiger partial charge is 0.498 e. The van der Waals surface area contributed by atoms with E-state index in [1.807, 2.05) is 6.92 Å². The number of allylic oxidation sites excluding steroid dienone is 2. The van der Waals surface area contributed by atoms with Gasteiger partial charge in [-0.25, -0.2) is 8.78 Å². The Morgan fingerprint density at radius 1 is 0.957 bits per heavy atom. The number of alkyl halides is 2. The summed E-state index contributed by atoms with van der Waals surface area (Å²) >= 11 is 0. The van der Waals surface area contributed by atoms with Crippen LogP contribution in [0.1, 0.15) is 73.1 Å². The van der Waals surface area contributed by atoms with Crippen molar-refractivity contribution in [1.82, 2.24) is 0 Å². The second-order valence-corrected chi connectivity index (χ2v) is 6.48. The van der Waals surface area contributed by atoms with E-state index in [0.29, 0.717) is 11.5 Å². The van der Waals surface area contributed by atoms with Gasteiger partial charge in [0.25, 0.3) is 0 Å². The molecule has 0 spiro atoms. The SMILES string of the molecule is C=C(OC)C(F)[C@@H](F)C(=C)C(C)CCC(C)CCCC.CCC. The fourth-order valence-corrected chi connectivity index (χ4v) is 2.15. The van der Waals surface area contributed by atoms with E-state index in [1.54, 1.807) is 0 Å². The predicted molar refractivity (Wildman–Crippen MR) is 98.1 cm³/mol. The maximum Gasteiger partial charge on any atom is 0.191 e. The van der Waals surface area contributed by atoms with Gasteiger partial charge in [0.2, 0.25) is 0 Å². The van der Waals surface area contributed by atoms with Crippen LogP contribution >= 0.6 is 0 Å². The molecular formula is C20H38F2O. The molecule has 0 saturated carbocycles. The highest BCUT2D eigenvalue weighted by Crippen LogP contribution is 2.28. The summed E-state index contributed by atoms with van der Waals surface area (Å²) in [6.45, 7) is 17.6. The Morgan fingerprint density at radius 2 is 1.48 bits per heavy atom. The zero-order valence-corrected chi connectivity index (χ0v) is 16.1. The monoisotopic (exact) mass is 332 g/mol. The van der Waals surface area contributed by atoms with Crippen molar-refractivity contribution >= 4 is 0 Å². The molecule has 4 atom stereocenters. The first kappa shape index (κ1) is 24.4. The van der Waals surface area contributed by atoms with Gasteiger partial charge in [0.05, 0.1) is 7.11 Å². The average Bonchev–Trinajstić information content (AvgIpc) is 2.55. The number of unbranched alkanes of at least 4 members (excludes halogenated alkanes) is 1. The molecule has 0 radical (unpaired) electrons. The molecule has 0 saturated heterocycles. The van der Waals surface area contributed by atoms with Crippen LogP contribution < -0.4 is 0 Å². The number of ether oxygens (including phenoxy) is 1. The van der Waals surface area contributed by atoms with E-state index in [2.05, 4.69) is 45.6 Å². The molecule has 0 aromatic rings. The Bertz CT molecular complexity index is 315. The Labute approximate surface area is 143 Å². The third-order valence-electron chi connectivity index (χ3n) is 3.96. The van der Waals surface area contributed by atoms with Crippen molar-refractivity contribution in [3.8, 4) is 0 Å². The van der Waals surface area contributed by atoms with E-state index in [4.69, 9.17) is 0 Å². The molecule has 1 nitrogen and oxygen atoms in total. The lowest BCUT2D eigenvalue weighted by Crippen LogP contribution is -2.25. The fraction of sp³-hybridized carbons (Fsp3) is 0.800. The van der Waals surface area contributed by atoms with Crippen molar-refractivity contribution < 1.29 is 13.5 Å². The lowest BCUT2D eigenvalue weighted by molar-refractivity contribution is 0.140. The van der Waals surface area contributed by atoms with Crippen molar-refractivity contribution in [2.45, 2.75) is 85.5 Å². The first-order valence-corrected chi connectivity index (χ1v) is 8.96. The van der Waals surface area contributed by atoms with Crippen LogP contribution in [-0.4, -0.2) is 19.5 Å². The normalized spacial score (nSPS) is 15.7. The summed E-state index contributed by atoms with van der Waals surface area (Å²) in [5.74, 6) is 0.414. The van der Waals surface area contributed by atoms with Gasteiger partial charge in [-0.05, 0) is 23.8 Å². The van der Waals surface area contributed by atoms with E-state index in [9.17, 15) is 8.78 Å². The van der Waals surface area contributed by atoms with Gasteiger partial charge in [-0.15, -0.1) is 0 Å². The zero-order chi connectivity index (χ0) is 18.4. The van der Waals surface area contributed by atoms with Crippen LogP contribution in [0, 0.1) is 11.8 Å². The zero-order valence-electron chi connectivity index (χ0n) is 16.1. The van der Waals surface area contributed by atoms with E-state index in [0.717, 1.165) is 12.8 Å². The number of hydrogen-bond donors (Lipinski definition) is 0. The molecule has 3 heteroatoms. The molecule has 0 N–H and O–H groups in total. The highest BCUT2D eigenvalue weighted by molar-refractivity contribution is 5.14. The van der Waals surface area contributed by atoms with Crippen molar-refractivity contribution in [3.05, 3.63) is 24.5 Å². The topological polar surface area (TPSA) is 9.23 Å². The van der Waals surface area contributed by atoms with Crippen LogP contribution in [0.3, 0.4) is 0 Å². The molecular weight excluding hydrogens is 294 g/mol. The summed E-state index contributed by atoms with van der Waals surface area (Å²) in [5, 5.41) is 0. The van der Waals surface area contributed by atoms with Crippen molar-refractivity contribution in [2.75, 3.05) is 7.11 Å². The molecule has 138 valence electrons. The average molecular weight is 333 g/mol. The Kier molecular flexibility index (Phi) is 15.6. The third-order valence-corrected chi connectivity index (χ3v) is 3.96. The van der Waals surface area contributed by atoms with E-state index < -0.39 is 12.3 Å². The van der Waals surface area contributed by atoms with E-state index in [1.165, 1.54) is 32.8 Å². The van der Waals surface area contributed by atoms with Crippen molar-refractivity contribution in [3.63, 3.8) is 0 Å². The van der Waals surface area contributed by atoms with Gasteiger partial charge in [0, 0.05) is 0 Å². The first-order valence-electron chi connectivity index (χ1n) is 8.96. The molecule has 0 fully saturated rings. The lowest BCUT2D eigenvalue weighted by Gasteiger charge is -2.22. The Morgan fingerprint density at radius 3 is 1.91 bits per heavy atom. The van der Waals surface area contributed by atoms with Gasteiger partial charge in [0.1, 0.15) is 5.76 Å². The summed E-state index contributed by atoms with van der Waals surface area (Å²) in [6.07, 6.45) is 3.17. The minimum atomic E-state index is -1.83. The highest BCUT2D eigenvalue weighted by Gasteiger charge is 2.29. The van der Waals surface area contributed by atoms with Crippen LogP contribution in [0.5, 0.6) is 0 Å². The summed E-state index contributed by atoms with van der Waals surface area (Å²) in [4.78, 5) is 0. The van der Waals surface area contributed by atoms with Crippen molar-refractivity contribution in [1.29, 1.82) is 0 Å². The number of halogens is 2. The van der Waals surface area contributed by atoms with Crippen LogP contribution in [0.4, 0.5) is 8.78 Å². The predicted octanol–water partition coefficient (Wildman–Crippen LogP) is 7.04. The van der Waals surface area contributed by atoms with Gasteiger partial charge in [0.15, 0.2) is 12.3 Å². The van der Waals surface area contributed by atoms with Crippen LogP contribution in [0.2, 0.25) is 0 Å². The minimum absolute atomic E-state index is 0.0306. The van der Waals surface area contributed by atoms with Crippen molar-refractivity contribution in [2.24, 2.45) is 11.8 Å². The maximum atomic E-state index is 14.0. The summed E-state index contributed by atoms with van der Waals surface area (Å²) in [7, 11) is 1.29. The molecule has 0 aliphatic heterocycles. The number of rotatable bonds is 11. The van der Waals surface area contributed by atoms with E-state index in [-0.39, 0.29) is 11.7 Å². The highest BCUT2D eigenvalue weighted by atomic mass is 19.2. The molecule has 0 aromatic heterocycles. The van der Waals surface area contributed by atoms with Gasteiger partial charge < -0.3 is 4.74 Å². The molecule has 0 amide bonds. The Balaban J connectivity index is 0. The second-order valence-electron chi connectivity index (χ2n) is 6.48. The summed E-state index contributed by atoms with van der Waals surface area (Å²) < 4.78 is 32.4. The van der Waals surface area contributed by atoms with Gasteiger partial charge in [-0.1, -0.05) is 79.9 Å². The number of methoxy groups -OCH3 is 1. The molecule has 0 bridgehead atoms. The van der Waals surface area contributed by atoms with Gasteiger partial charge in [-0.3, -0.25) is 0 Å². The van der Waals surface area contributed by atoms with Crippen LogP contribution in [0.25, 0.3) is 0 Å². The minimum Gasteiger partial charge on any atom is -0.498 e. The Hall–Kier alpha value is -0.860. The number of hydrogen-bond acceptors (Lipinski definition) is 1. The molecule has 0 rings (SSSR count). The maximum absolute atomic E-state index is 14.0. The third kappa shape index (κ3) is 11.3. The molecule has 0 aliphatic carbocycles. The standard InChI is InChI=1S/C17H30F2O.C3H8/c1-7-8-9-12(2)10-11-13(3)14(4)16(18)17(19)15(5)20-6;1-3-2/h12-13,16-17H,4-5,7-11H2,1-3,6H3;3H2,1-2H3/t12?,13?,16-,17?;/m0./s1. The molecule has 23 heavy (non-hydrogen) atoms. The van der Waals surface area contributed by atoms with E-state index >= 15 is 0 Å². The summed E-state index contributed by atoms with van der Waals surface area (Å²) in [5.41, 5.74) is 0.304. The quantitative estimate of drug-likeness (QED) is 0.291. The summed E-state index contributed by atoms with van der Waals surface area (Å²) in [6, 6.07) is 0. The smallest absolute Gasteiger partial charge is 0.191 e. The first-order chi connectivity index (χ1) is 10.8. The molecule has 0 heterocycles. The molecule has 3 unspecified atom stereocenters.